The van der Waals surface area contributed by atoms with Crippen molar-refractivity contribution in [2.75, 3.05) is 0 Å². The normalized spacial score (nSPS) is 10.7. The number of hydrogen-bond donors (Lipinski definition) is 1. The number of carboxylic acids is 1. The van der Waals surface area contributed by atoms with Gasteiger partial charge in [-0.1, -0.05) is 35.3 Å². The maximum atomic E-state index is 10.9. The number of rotatable bonds is 4. The number of aromatic carboxylic acids is 1. The molecule has 116 valence electrons. The van der Waals surface area contributed by atoms with Crippen molar-refractivity contribution < 1.29 is 9.90 Å². The first-order valence-electron chi connectivity index (χ1n) is 6.83. The molecule has 0 aliphatic carbocycles. The molecule has 0 radical (unpaired) electrons. The maximum absolute atomic E-state index is 10.9. The topological polar surface area (TPSA) is 55.1 Å². The zero-order valence-electron chi connectivity index (χ0n) is 11.9. The van der Waals surface area contributed by atoms with Crippen LogP contribution in [0.1, 0.15) is 15.9 Å². The van der Waals surface area contributed by atoms with E-state index in [9.17, 15) is 4.79 Å². The van der Waals surface area contributed by atoms with Crippen LogP contribution in [0.25, 0.3) is 11.4 Å². The standard InChI is InChI=1S/C17H12Cl2N2O2/c18-13-5-6-14(15(19)9-13)16-20-7-8-21(16)10-11-1-3-12(4-2-11)17(22)23/h1-9H,10H2,(H,22,23). The van der Waals surface area contributed by atoms with E-state index in [0.717, 1.165) is 17.0 Å². The summed E-state index contributed by atoms with van der Waals surface area (Å²) in [6.07, 6.45) is 3.55. The summed E-state index contributed by atoms with van der Waals surface area (Å²) in [6, 6.07) is 12.0. The van der Waals surface area contributed by atoms with Crippen LogP contribution >= 0.6 is 23.2 Å². The molecule has 0 saturated carbocycles. The first-order valence-corrected chi connectivity index (χ1v) is 7.59. The molecule has 0 aliphatic heterocycles. The van der Waals surface area contributed by atoms with Crippen LogP contribution in [0, 0.1) is 0 Å². The number of hydrogen-bond acceptors (Lipinski definition) is 2. The SMILES string of the molecule is O=C(O)c1ccc(Cn2ccnc2-c2ccc(Cl)cc2Cl)cc1. The van der Waals surface area contributed by atoms with E-state index in [1.165, 1.54) is 0 Å². The first kappa shape index (κ1) is 15.6. The van der Waals surface area contributed by atoms with Crippen molar-refractivity contribution in [2.24, 2.45) is 0 Å². The van der Waals surface area contributed by atoms with E-state index in [1.54, 1.807) is 42.6 Å². The third kappa shape index (κ3) is 3.38. The molecule has 0 amide bonds. The van der Waals surface area contributed by atoms with Gasteiger partial charge in [-0.15, -0.1) is 0 Å². The number of benzene rings is 2. The Kier molecular flexibility index (Phi) is 4.37. The lowest BCUT2D eigenvalue weighted by atomic mass is 10.1. The average Bonchev–Trinajstić information content (AvgIpc) is 2.96. The van der Waals surface area contributed by atoms with Crippen LogP contribution in [0.5, 0.6) is 0 Å². The van der Waals surface area contributed by atoms with Crippen LogP contribution in [0.3, 0.4) is 0 Å². The fourth-order valence-electron chi connectivity index (χ4n) is 2.30. The van der Waals surface area contributed by atoms with Crippen LogP contribution in [0.15, 0.2) is 54.9 Å². The lowest BCUT2D eigenvalue weighted by molar-refractivity contribution is 0.0697. The van der Waals surface area contributed by atoms with Gasteiger partial charge in [0.1, 0.15) is 5.82 Å². The Balaban J connectivity index is 1.90. The smallest absolute Gasteiger partial charge is 0.335 e. The predicted octanol–water partition coefficient (Wildman–Crippen LogP) is 4.60. The summed E-state index contributed by atoms with van der Waals surface area (Å²) in [4.78, 5) is 15.3. The molecule has 0 spiro atoms. The summed E-state index contributed by atoms with van der Waals surface area (Å²) in [5, 5.41) is 10.0. The second-order valence-corrected chi connectivity index (χ2v) is 5.85. The third-order valence-electron chi connectivity index (χ3n) is 3.44. The van der Waals surface area contributed by atoms with E-state index >= 15 is 0 Å². The molecule has 1 heterocycles. The summed E-state index contributed by atoms with van der Waals surface area (Å²) in [6.45, 7) is 0.564. The van der Waals surface area contributed by atoms with E-state index in [2.05, 4.69) is 4.98 Å². The van der Waals surface area contributed by atoms with Crippen molar-refractivity contribution in [3.8, 4) is 11.4 Å². The highest BCUT2D eigenvalue weighted by molar-refractivity contribution is 6.36. The predicted molar refractivity (Wildman–Crippen MR) is 90.2 cm³/mol. The Morgan fingerprint density at radius 3 is 2.52 bits per heavy atom. The largest absolute Gasteiger partial charge is 0.478 e. The molecular formula is C17H12Cl2N2O2. The molecule has 0 fully saturated rings. The molecule has 6 heteroatoms. The van der Waals surface area contributed by atoms with Crippen LogP contribution in [-0.4, -0.2) is 20.6 Å². The number of carbonyl (C=O) groups is 1. The van der Waals surface area contributed by atoms with E-state index in [1.807, 2.05) is 16.8 Å². The molecule has 0 saturated heterocycles. The molecule has 0 atom stereocenters. The molecule has 1 aromatic heterocycles. The van der Waals surface area contributed by atoms with Crippen molar-refractivity contribution in [1.82, 2.24) is 9.55 Å². The lowest BCUT2D eigenvalue weighted by Crippen LogP contribution is -2.02. The van der Waals surface area contributed by atoms with Crippen molar-refractivity contribution in [2.45, 2.75) is 6.54 Å². The molecule has 0 unspecified atom stereocenters. The summed E-state index contributed by atoms with van der Waals surface area (Å²) in [5.41, 5.74) is 2.03. The van der Waals surface area contributed by atoms with E-state index in [-0.39, 0.29) is 5.56 Å². The van der Waals surface area contributed by atoms with Gasteiger partial charge in [-0.25, -0.2) is 9.78 Å². The summed E-state index contributed by atoms with van der Waals surface area (Å²) in [7, 11) is 0. The zero-order chi connectivity index (χ0) is 16.4. The Bertz CT molecular complexity index is 857. The number of nitrogens with zero attached hydrogens (tertiary/aromatic N) is 2. The quantitative estimate of drug-likeness (QED) is 0.750. The summed E-state index contributed by atoms with van der Waals surface area (Å²) < 4.78 is 1.95. The molecule has 2 aromatic carbocycles. The number of carboxylic acid groups (broad SMARTS) is 1. The van der Waals surface area contributed by atoms with Crippen molar-refractivity contribution in [3.63, 3.8) is 0 Å². The Labute approximate surface area is 142 Å². The Morgan fingerprint density at radius 1 is 1.13 bits per heavy atom. The highest BCUT2D eigenvalue weighted by Crippen LogP contribution is 2.29. The van der Waals surface area contributed by atoms with Gasteiger partial charge in [0.05, 0.1) is 10.6 Å². The maximum Gasteiger partial charge on any atom is 0.335 e. The number of aromatic nitrogens is 2. The van der Waals surface area contributed by atoms with Gasteiger partial charge in [0, 0.05) is 29.5 Å². The molecule has 3 rings (SSSR count). The Morgan fingerprint density at radius 2 is 1.87 bits per heavy atom. The molecular weight excluding hydrogens is 335 g/mol. The van der Waals surface area contributed by atoms with Gasteiger partial charge >= 0.3 is 5.97 Å². The number of halogens is 2. The van der Waals surface area contributed by atoms with Crippen LogP contribution in [0.4, 0.5) is 0 Å². The highest BCUT2D eigenvalue weighted by atomic mass is 35.5. The fraction of sp³-hybridized carbons (Fsp3) is 0.0588. The van der Waals surface area contributed by atoms with Crippen molar-refractivity contribution >= 4 is 29.2 Å². The minimum atomic E-state index is -0.937. The monoisotopic (exact) mass is 346 g/mol. The molecule has 4 nitrogen and oxygen atoms in total. The first-order chi connectivity index (χ1) is 11.0. The van der Waals surface area contributed by atoms with Crippen molar-refractivity contribution in [3.05, 3.63) is 76.0 Å². The van der Waals surface area contributed by atoms with E-state index in [4.69, 9.17) is 28.3 Å². The molecule has 1 N–H and O–H groups in total. The Hall–Kier alpha value is -2.30. The molecule has 3 aromatic rings. The van der Waals surface area contributed by atoms with Gasteiger partial charge in [-0.2, -0.15) is 0 Å². The second-order valence-electron chi connectivity index (χ2n) is 5.00. The van der Waals surface area contributed by atoms with E-state index < -0.39 is 5.97 Å². The van der Waals surface area contributed by atoms with Gasteiger partial charge < -0.3 is 9.67 Å². The van der Waals surface area contributed by atoms with Gasteiger partial charge in [0.25, 0.3) is 0 Å². The lowest BCUT2D eigenvalue weighted by Gasteiger charge is -2.10. The minimum Gasteiger partial charge on any atom is -0.478 e. The molecule has 23 heavy (non-hydrogen) atoms. The van der Waals surface area contributed by atoms with Gasteiger partial charge in [-0.05, 0) is 35.9 Å². The minimum absolute atomic E-state index is 0.264. The van der Waals surface area contributed by atoms with Crippen LogP contribution in [-0.2, 0) is 6.54 Å². The number of imidazole rings is 1. The van der Waals surface area contributed by atoms with Crippen LogP contribution in [0.2, 0.25) is 10.0 Å². The van der Waals surface area contributed by atoms with Gasteiger partial charge in [0.15, 0.2) is 0 Å². The average molecular weight is 347 g/mol. The highest BCUT2D eigenvalue weighted by Gasteiger charge is 2.11. The van der Waals surface area contributed by atoms with Crippen molar-refractivity contribution in [1.29, 1.82) is 0 Å². The van der Waals surface area contributed by atoms with Crippen LogP contribution < -0.4 is 0 Å². The van der Waals surface area contributed by atoms with Gasteiger partial charge in [-0.3, -0.25) is 0 Å². The zero-order valence-corrected chi connectivity index (χ0v) is 13.4. The summed E-state index contributed by atoms with van der Waals surface area (Å²) >= 11 is 12.2. The third-order valence-corrected chi connectivity index (χ3v) is 3.99. The van der Waals surface area contributed by atoms with E-state index in [0.29, 0.717) is 16.6 Å². The fourth-order valence-corrected chi connectivity index (χ4v) is 2.79. The second kappa shape index (κ2) is 6.44. The molecule has 0 aliphatic rings. The molecule has 0 bridgehead atoms. The van der Waals surface area contributed by atoms with Gasteiger partial charge in [0.2, 0.25) is 0 Å². The summed E-state index contributed by atoms with van der Waals surface area (Å²) in [5.74, 6) is -0.207.